The molecule has 0 N–H and O–H groups in total. The Morgan fingerprint density at radius 2 is 2.25 bits per heavy atom. The van der Waals surface area contributed by atoms with Gasteiger partial charge in [0.15, 0.2) is 0 Å². The molecule has 0 aliphatic rings. The smallest absolute Gasteiger partial charge is 0.219 e. The van der Waals surface area contributed by atoms with Crippen molar-refractivity contribution in [1.29, 1.82) is 0 Å². The van der Waals surface area contributed by atoms with E-state index in [1.807, 2.05) is 22.9 Å². The highest BCUT2D eigenvalue weighted by Gasteiger charge is 2.11. The van der Waals surface area contributed by atoms with Crippen LogP contribution in [0.1, 0.15) is 19.8 Å². The van der Waals surface area contributed by atoms with E-state index in [1.165, 1.54) is 0 Å². The van der Waals surface area contributed by atoms with Gasteiger partial charge in [0.2, 0.25) is 5.88 Å². The zero-order chi connectivity index (χ0) is 11.5. The van der Waals surface area contributed by atoms with Crippen LogP contribution < -0.4 is 4.74 Å². The molecule has 0 bridgehead atoms. The lowest BCUT2D eigenvalue weighted by molar-refractivity contribution is 0.361. The van der Waals surface area contributed by atoms with E-state index in [1.54, 1.807) is 7.11 Å². The number of hydrogen-bond donors (Lipinski definition) is 0. The third-order valence-corrected chi connectivity index (χ3v) is 2.80. The Kier molecular flexibility index (Phi) is 3.34. The van der Waals surface area contributed by atoms with Gasteiger partial charge in [-0.15, -0.1) is 0 Å². The van der Waals surface area contributed by atoms with Crippen LogP contribution in [0.15, 0.2) is 18.2 Å². The average Bonchev–Trinajstić information content (AvgIpc) is 2.62. The molecule has 0 aliphatic heterocycles. The van der Waals surface area contributed by atoms with Crippen LogP contribution >= 0.6 is 11.6 Å². The van der Waals surface area contributed by atoms with Crippen LogP contribution in [-0.2, 0) is 6.54 Å². The number of hydrogen-bond acceptors (Lipinski definition) is 2. The van der Waals surface area contributed by atoms with Gasteiger partial charge in [-0.05, 0) is 24.6 Å². The van der Waals surface area contributed by atoms with Gasteiger partial charge in [-0.25, -0.2) is 4.68 Å². The van der Waals surface area contributed by atoms with Crippen molar-refractivity contribution in [3.05, 3.63) is 23.2 Å². The minimum Gasteiger partial charge on any atom is -0.481 e. The highest BCUT2D eigenvalue weighted by atomic mass is 35.5. The number of benzene rings is 1. The Bertz CT molecular complexity index is 493. The third kappa shape index (κ3) is 2.00. The van der Waals surface area contributed by atoms with E-state index in [9.17, 15) is 0 Å². The number of rotatable bonds is 4. The van der Waals surface area contributed by atoms with Crippen LogP contribution in [0.25, 0.3) is 10.9 Å². The highest BCUT2D eigenvalue weighted by molar-refractivity contribution is 6.31. The number of unbranched alkanes of at least 4 members (excludes halogenated alkanes) is 1. The van der Waals surface area contributed by atoms with E-state index in [4.69, 9.17) is 16.3 Å². The summed E-state index contributed by atoms with van der Waals surface area (Å²) in [6.07, 6.45) is 2.23. The van der Waals surface area contributed by atoms with Crippen LogP contribution in [0.5, 0.6) is 5.88 Å². The maximum atomic E-state index is 5.94. The quantitative estimate of drug-likeness (QED) is 0.815. The first-order chi connectivity index (χ1) is 7.76. The number of fused-ring (bicyclic) bond motifs is 1. The molecule has 0 saturated carbocycles. The molecule has 0 fully saturated rings. The van der Waals surface area contributed by atoms with Gasteiger partial charge in [-0.3, -0.25) is 0 Å². The SMILES string of the molecule is CCCCn1nc2cc(Cl)ccc2c1OC. The van der Waals surface area contributed by atoms with Gasteiger partial charge in [0.05, 0.1) is 18.0 Å². The topological polar surface area (TPSA) is 27.1 Å². The average molecular weight is 239 g/mol. The second kappa shape index (κ2) is 4.74. The number of aromatic nitrogens is 2. The Morgan fingerprint density at radius 1 is 1.44 bits per heavy atom. The summed E-state index contributed by atoms with van der Waals surface area (Å²) in [4.78, 5) is 0. The predicted octanol–water partition coefficient (Wildman–Crippen LogP) is 3.50. The van der Waals surface area contributed by atoms with Crippen molar-refractivity contribution in [3.8, 4) is 5.88 Å². The van der Waals surface area contributed by atoms with Crippen molar-refractivity contribution < 1.29 is 4.74 Å². The maximum absolute atomic E-state index is 5.94. The third-order valence-electron chi connectivity index (χ3n) is 2.57. The standard InChI is InChI=1S/C12H15ClN2O/c1-3-4-7-15-12(16-2)10-6-5-9(13)8-11(10)14-15/h5-6,8H,3-4,7H2,1-2H3. The van der Waals surface area contributed by atoms with E-state index in [0.717, 1.165) is 36.2 Å². The molecule has 0 amide bonds. The maximum Gasteiger partial charge on any atom is 0.219 e. The molecule has 0 saturated heterocycles. The molecule has 0 aliphatic carbocycles. The Morgan fingerprint density at radius 3 is 2.94 bits per heavy atom. The fraction of sp³-hybridized carbons (Fsp3) is 0.417. The number of aryl methyl sites for hydroxylation is 1. The first-order valence-electron chi connectivity index (χ1n) is 5.46. The van der Waals surface area contributed by atoms with E-state index in [0.29, 0.717) is 5.02 Å². The number of nitrogens with zero attached hydrogens (tertiary/aromatic N) is 2. The molecule has 86 valence electrons. The summed E-state index contributed by atoms with van der Waals surface area (Å²) in [6, 6.07) is 5.67. The molecule has 0 unspecified atom stereocenters. The number of halogens is 1. The van der Waals surface area contributed by atoms with E-state index < -0.39 is 0 Å². The minimum atomic E-state index is 0.704. The number of ether oxygens (including phenoxy) is 1. The fourth-order valence-corrected chi connectivity index (χ4v) is 1.92. The lowest BCUT2D eigenvalue weighted by Gasteiger charge is -2.04. The second-order valence-corrected chi connectivity index (χ2v) is 4.18. The lowest BCUT2D eigenvalue weighted by Crippen LogP contribution is -2.02. The van der Waals surface area contributed by atoms with Crippen LogP contribution in [0.3, 0.4) is 0 Å². The summed E-state index contributed by atoms with van der Waals surface area (Å²) in [6.45, 7) is 3.04. The fourth-order valence-electron chi connectivity index (χ4n) is 1.76. The van der Waals surface area contributed by atoms with Crippen molar-refractivity contribution >= 4 is 22.5 Å². The van der Waals surface area contributed by atoms with Gasteiger partial charge >= 0.3 is 0 Å². The Labute approximate surface area is 100.0 Å². The molecule has 0 spiro atoms. The summed E-state index contributed by atoms with van der Waals surface area (Å²) < 4.78 is 7.30. The molecule has 2 rings (SSSR count). The van der Waals surface area contributed by atoms with Gasteiger partial charge in [0, 0.05) is 11.6 Å². The Balaban J connectivity index is 2.48. The normalized spacial score (nSPS) is 10.9. The minimum absolute atomic E-state index is 0.704. The zero-order valence-electron chi connectivity index (χ0n) is 9.53. The van der Waals surface area contributed by atoms with Crippen LogP contribution in [-0.4, -0.2) is 16.9 Å². The monoisotopic (exact) mass is 238 g/mol. The summed E-state index contributed by atoms with van der Waals surface area (Å²) in [5.74, 6) is 0.820. The van der Waals surface area contributed by atoms with Crippen molar-refractivity contribution in [2.45, 2.75) is 26.3 Å². The molecule has 0 atom stereocenters. The molecule has 0 radical (unpaired) electrons. The molecule has 1 heterocycles. The van der Waals surface area contributed by atoms with E-state index in [-0.39, 0.29) is 0 Å². The first-order valence-corrected chi connectivity index (χ1v) is 5.84. The van der Waals surface area contributed by atoms with Gasteiger partial charge < -0.3 is 4.74 Å². The summed E-state index contributed by atoms with van der Waals surface area (Å²) >= 11 is 5.94. The molecule has 2 aromatic rings. The molecule has 1 aromatic carbocycles. The summed E-state index contributed by atoms with van der Waals surface area (Å²) in [5, 5.41) is 6.21. The second-order valence-electron chi connectivity index (χ2n) is 3.75. The summed E-state index contributed by atoms with van der Waals surface area (Å²) in [5.41, 5.74) is 0.889. The van der Waals surface area contributed by atoms with Crippen molar-refractivity contribution in [2.75, 3.05) is 7.11 Å². The van der Waals surface area contributed by atoms with Gasteiger partial charge in [0.25, 0.3) is 0 Å². The Hall–Kier alpha value is -1.22. The van der Waals surface area contributed by atoms with E-state index >= 15 is 0 Å². The van der Waals surface area contributed by atoms with Crippen LogP contribution in [0.2, 0.25) is 5.02 Å². The lowest BCUT2D eigenvalue weighted by atomic mass is 10.2. The zero-order valence-corrected chi connectivity index (χ0v) is 10.3. The van der Waals surface area contributed by atoms with Gasteiger partial charge in [0.1, 0.15) is 0 Å². The predicted molar refractivity (Wildman–Crippen MR) is 66.2 cm³/mol. The molecule has 16 heavy (non-hydrogen) atoms. The molecular weight excluding hydrogens is 224 g/mol. The van der Waals surface area contributed by atoms with Crippen LogP contribution in [0.4, 0.5) is 0 Å². The largest absolute Gasteiger partial charge is 0.481 e. The highest BCUT2D eigenvalue weighted by Crippen LogP contribution is 2.27. The molecule has 3 nitrogen and oxygen atoms in total. The molecular formula is C12H15ClN2O. The van der Waals surface area contributed by atoms with Gasteiger partial charge in [-0.2, -0.15) is 5.10 Å². The van der Waals surface area contributed by atoms with Crippen LogP contribution in [0, 0.1) is 0 Å². The van der Waals surface area contributed by atoms with E-state index in [2.05, 4.69) is 12.0 Å². The first kappa shape index (κ1) is 11.3. The van der Waals surface area contributed by atoms with Gasteiger partial charge in [-0.1, -0.05) is 24.9 Å². The van der Waals surface area contributed by atoms with Crippen molar-refractivity contribution in [1.82, 2.24) is 9.78 Å². The van der Waals surface area contributed by atoms with Crippen molar-refractivity contribution in [2.24, 2.45) is 0 Å². The molecule has 4 heteroatoms. The number of methoxy groups -OCH3 is 1. The summed E-state index contributed by atoms with van der Waals surface area (Å²) in [7, 11) is 1.67. The molecule has 1 aromatic heterocycles. The van der Waals surface area contributed by atoms with Crippen molar-refractivity contribution in [3.63, 3.8) is 0 Å².